The molecule has 2 aromatic carbocycles. The van der Waals surface area contributed by atoms with Crippen molar-refractivity contribution in [1.82, 2.24) is 10.6 Å². The summed E-state index contributed by atoms with van der Waals surface area (Å²) in [6.07, 6.45) is 0. The number of methoxy groups -OCH3 is 3. The van der Waals surface area contributed by atoms with Crippen LogP contribution in [0, 0.1) is 0 Å². The van der Waals surface area contributed by atoms with E-state index < -0.39 is 0 Å². The summed E-state index contributed by atoms with van der Waals surface area (Å²) >= 11 is 0. The Morgan fingerprint density at radius 2 is 1.27 bits per heavy atom. The maximum atomic E-state index is 12.2. The molecule has 138 valence electrons. The Labute approximate surface area is 152 Å². The van der Waals surface area contributed by atoms with Crippen LogP contribution in [-0.4, -0.2) is 46.2 Å². The maximum absolute atomic E-state index is 12.2. The molecular weight excluding hydrogens is 336 g/mol. The van der Waals surface area contributed by atoms with Crippen molar-refractivity contribution in [2.75, 3.05) is 34.4 Å². The van der Waals surface area contributed by atoms with Crippen LogP contribution in [0.3, 0.4) is 0 Å². The molecule has 2 rings (SSSR count). The predicted octanol–water partition coefficient (Wildman–Crippen LogP) is 1.87. The van der Waals surface area contributed by atoms with E-state index in [1.807, 2.05) is 0 Å². The summed E-state index contributed by atoms with van der Waals surface area (Å²) in [5.41, 5.74) is 0.973. The standard InChI is InChI=1S/C19H22N2O5/c1-24-15-7-4-13(5-8-15)18(22)20-10-11-21-19(23)14-6-9-16(25-2)17(12-14)26-3/h4-9,12H,10-11H2,1-3H3,(H,20,22)(H,21,23). The van der Waals surface area contributed by atoms with Gasteiger partial charge in [-0.3, -0.25) is 9.59 Å². The second kappa shape index (κ2) is 9.31. The van der Waals surface area contributed by atoms with Crippen LogP contribution in [0.4, 0.5) is 0 Å². The van der Waals surface area contributed by atoms with E-state index in [0.29, 0.717) is 41.5 Å². The van der Waals surface area contributed by atoms with Crippen LogP contribution in [0.15, 0.2) is 42.5 Å². The van der Waals surface area contributed by atoms with E-state index in [4.69, 9.17) is 14.2 Å². The quantitative estimate of drug-likeness (QED) is 0.704. The minimum Gasteiger partial charge on any atom is -0.497 e. The first-order chi connectivity index (χ1) is 12.6. The number of benzene rings is 2. The molecule has 0 saturated carbocycles. The third-order valence-electron chi connectivity index (χ3n) is 3.69. The largest absolute Gasteiger partial charge is 0.497 e. The zero-order valence-electron chi connectivity index (χ0n) is 15.0. The number of ether oxygens (including phenoxy) is 3. The van der Waals surface area contributed by atoms with Gasteiger partial charge in [0.15, 0.2) is 11.5 Å². The minimum absolute atomic E-state index is 0.215. The normalized spacial score (nSPS) is 9.96. The lowest BCUT2D eigenvalue weighted by atomic mass is 10.2. The summed E-state index contributed by atoms with van der Waals surface area (Å²) in [5.74, 6) is 1.24. The minimum atomic E-state index is -0.260. The van der Waals surface area contributed by atoms with Gasteiger partial charge in [0.2, 0.25) is 0 Å². The van der Waals surface area contributed by atoms with Crippen molar-refractivity contribution in [3.05, 3.63) is 53.6 Å². The van der Waals surface area contributed by atoms with Crippen LogP contribution in [0.25, 0.3) is 0 Å². The molecule has 7 nitrogen and oxygen atoms in total. The Kier molecular flexibility index (Phi) is 6.84. The number of hydrogen-bond donors (Lipinski definition) is 2. The van der Waals surface area contributed by atoms with Crippen LogP contribution in [-0.2, 0) is 0 Å². The molecule has 0 heterocycles. The monoisotopic (exact) mass is 358 g/mol. The number of carbonyl (C=O) groups excluding carboxylic acids is 2. The van der Waals surface area contributed by atoms with Crippen molar-refractivity contribution in [2.24, 2.45) is 0 Å². The topological polar surface area (TPSA) is 85.9 Å². The second-order valence-electron chi connectivity index (χ2n) is 5.31. The fraction of sp³-hybridized carbons (Fsp3) is 0.263. The molecule has 0 aliphatic rings. The first-order valence-electron chi connectivity index (χ1n) is 8.01. The van der Waals surface area contributed by atoms with E-state index in [2.05, 4.69) is 10.6 Å². The molecule has 0 aliphatic heterocycles. The average molecular weight is 358 g/mol. The molecule has 0 aliphatic carbocycles. The Morgan fingerprint density at radius 3 is 1.81 bits per heavy atom. The molecule has 0 saturated heterocycles. The van der Waals surface area contributed by atoms with Gasteiger partial charge in [-0.05, 0) is 42.5 Å². The molecule has 26 heavy (non-hydrogen) atoms. The van der Waals surface area contributed by atoms with Gasteiger partial charge < -0.3 is 24.8 Å². The summed E-state index contributed by atoms with van der Waals surface area (Å²) in [5, 5.41) is 5.49. The summed E-state index contributed by atoms with van der Waals surface area (Å²) in [6, 6.07) is 11.7. The van der Waals surface area contributed by atoms with E-state index in [9.17, 15) is 9.59 Å². The molecule has 0 bridgehead atoms. The molecule has 0 atom stereocenters. The first-order valence-corrected chi connectivity index (χ1v) is 8.01. The third-order valence-corrected chi connectivity index (χ3v) is 3.69. The van der Waals surface area contributed by atoms with Crippen LogP contribution in [0.5, 0.6) is 17.2 Å². The summed E-state index contributed by atoms with van der Waals surface area (Å²) in [4.78, 5) is 24.2. The highest BCUT2D eigenvalue weighted by Crippen LogP contribution is 2.27. The molecule has 0 spiro atoms. The zero-order valence-corrected chi connectivity index (χ0v) is 15.0. The van der Waals surface area contributed by atoms with Gasteiger partial charge >= 0.3 is 0 Å². The lowest BCUT2D eigenvalue weighted by Crippen LogP contribution is -2.34. The van der Waals surface area contributed by atoms with Gasteiger partial charge in [0.1, 0.15) is 5.75 Å². The SMILES string of the molecule is COc1ccc(C(=O)NCCNC(=O)c2ccc(OC)c(OC)c2)cc1. The summed E-state index contributed by atoms with van der Waals surface area (Å²) in [7, 11) is 4.60. The molecule has 2 N–H and O–H groups in total. The highest BCUT2D eigenvalue weighted by molar-refractivity contribution is 5.95. The molecule has 0 fully saturated rings. The van der Waals surface area contributed by atoms with Crippen molar-refractivity contribution in [3.63, 3.8) is 0 Å². The van der Waals surface area contributed by atoms with Crippen LogP contribution in [0.1, 0.15) is 20.7 Å². The fourth-order valence-corrected chi connectivity index (χ4v) is 2.28. The van der Waals surface area contributed by atoms with E-state index in [1.54, 1.807) is 49.6 Å². The van der Waals surface area contributed by atoms with E-state index in [-0.39, 0.29) is 11.8 Å². The lowest BCUT2D eigenvalue weighted by molar-refractivity contribution is 0.0927. The van der Waals surface area contributed by atoms with Crippen molar-refractivity contribution in [3.8, 4) is 17.2 Å². The smallest absolute Gasteiger partial charge is 0.251 e. The van der Waals surface area contributed by atoms with Crippen LogP contribution >= 0.6 is 0 Å². The van der Waals surface area contributed by atoms with Gasteiger partial charge in [-0.15, -0.1) is 0 Å². The number of hydrogen-bond acceptors (Lipinski definition) is 5. The van der Waals surface area contributed by atoms with Crippen LogP contribution < -0.4 is 24.8 Å². The third kappa shape index (κ3) is 4.89. The molecule has 0 unspecified atom stereocenters. The highest BCUT2D eigenvalue weighted by Gasteiger charge is 2.10. The molecule has 2 aromatic rings. The van der Waals surface area contributed by atoms with Crippen molar-refractivity contribution < 1.29 is 23.8 Å². The number of amides is 2. The van der Waals surface area contributed by atoms with Gasteiger partial charge in [0, 0.05) is 24.2 Å². The lowest BCUT2D eigenvalue weighted by Gasteiger charge is -2.10. The van der Waals surface area contributed by atoms with E-state index in [1.165, 1.54) is 14.2 Å². The van der Waals surface area contributed by atoms with Crippen molar-refractivity contribution in [1.29, 1.82) is 0 Å². The van der Waals surface area contributed by atoms with Gasteiger partial charge in [-0.1, -0.05) is 0 Å². The van der Waals surface area contributed by atoms with Gasteiger partial charge in [0.25, 0.3) is 11.8 Å². The first kappa shape index (κ1) is 19.1. The zero-order chi connectivity index (χ0) is 18.9. The van der Waals surface area contributed by atoms with Gasteiger partial charge in [-0.2, -0.15) is 0 Å². The van der Waals surface area contributed by atoms with E-state index >= 15 is 0 Å². The van der Waals surface area contributed by atoms with Crippen LogP contribution in [0.2, 0.25) is 0 Å². The molecule has 0 aromatic heterocycles. The summed E-state index contributed by atoms with van der Waals surface area (Å²) in [6.45, 7) is 0.610. The Bertz CT molecular complexity index is 759. The fourth-order valence-electron chi connectivity index (χ4n) is 2.28. The Morgan fingerprint density at radius 1 is 0.731 bits per heavy atom. The second-order valence-corrected chi connectivity index (χ2v) is 5.31. The predicted molar refractivity (Wildman–Crippen MR) is 97.2 cm³/mol. The highest BCUT2D eigenvalue weighted by atomic mass is 16.5. The number of nitrogens with one attached hydrogen (secondary N) is 2. The average Bonchev–Trinajstić information content (AvgIpc) is 2.70. The van der Waals surface area contributed by atoms with Crippen molar-refractivity contribution in [2.45, 2.75) is 0 Å². The van der Waals surface area contributed by atoms with E-state index in [0.717, 1.165) is 0 Å². The van der Waals surface area contributed by atoms with Gasteiger partial charge in [0.05, 0.1) is 21.3 Å². The Balaban J connectivity index is 1.81. The number of rotatable bonds is 8. The Hall–Kier alpha value is -3.22. The molecule has 2 amide bonds. The summed E-state index contributed by atoms with van der Waals surface area (Å²) < 4.78 is 15.4. The maximum Gasteiger partial charge on any atom is 0.251 e. The molecule has 7 heteroatoms. The van der Waals surface area contributed by atoms with Gasteiger partial charge in [-0.25, -0.2) is 0 Å². The molecule has 0 radical (unpaired) electrons. The number of carbonyl (C=O) groups is 2. The molecular formula is C19H22N2O5. The van der Waals surface area contributed by atoms with Crippen molar-refractivity contribution >= 4 is 11.8 Å².